The van der Waals surface area contributed by atoms with E-state index in [-0.39, 0.29) is 5.91 Å². The van der Waals surface area contributed by atoms with Crippen LogP contribution in [0.2, 0.25) is 0 Å². The van der Waals surface area contributed by atoms with Gasteiger partial charge in [-0.2, -0.15) is 5.10 Å². The summed E-state index contributed by atoms with van der Waals surface area (Å²) in [5, 5.41) is 3.97. The highest BCUT2D eigenvalue weighted by Crippen LogP contribution is 2.42. The summed E-state index contributed by atoms with van der Waals surface area (Å²) >= 11 is 0. The number of rotatable bonds is 5. The Balaban J connectivity index is 1.46. The van der Waals surface area contributed by atoms with Crippen molar-refractivity contribution in [3.05, 3.63) is 30.1 Å². The first kappa shape index (κ1) is 16.1. The fourth-order valence-corrected chi connectivity index (χ4v) is 3.39. The molecule has 2 fully saturated rings. The van der Waals surface area contributed by atoms with Crippen LogP contribution in [0.3, 0.4) is 0 Å². The van der Waals surface area contributed by atoms with Crippen molar-refractivity contribution in [2.45, 2.75) is 44.3 Å². The van der Waals surface area contributed by atoms with Crippen molar-refractivity contribution in [2.75, 3.05) is 13.2 Å². The molecule has 0 aromatic carbocycles. The van der Waals surface area contributed by atoms with Crippen LogP contribution in [0.4, 0.5) is 0 Å². The summed E-state index contributed by atoms with van der Waals surface area (Å²) in [7, 11) is 0. The van der Waals surface area contributed by atoms with Gasteiger partial charge in [-0.1, -0.05) is 12.5 Å². The Bertz CT molecular complexity index is 541. The Kier molecular flexibility index (Phi) is 5.35. The zero-order valence-corrected chi connectivity index (χ0v) is 13.2. The highest BCUT2D eigenvalue weighted by atomic mass is 16.7. The smallest absolute Gasteiger partial charge is 0.240 e. The molecule has 1 aromatic rings. The molecule has 3 rings (SSSR count). The summed E-state index contributed by atoms with van der Waals surface area (Å²) in [5.41, 5.74) is 3.42. The number of nitrogens with one attached hydrogen (secondary N) is 1. The van der Waals surface area contributed by atoms with E-state index in [1.165, 1.54) is 6.42 Å². The molecule has 2 heterocycles. The van der Waals surface area contributed by atoms with Gasteiger partial charge in [0.05, 0.1) is 19.4 Å². The van der Waals surface area contributed by atoms with Crippen LogP contribution in [0.5, 0.6) is 0 Å². The number of carbonyl (C=O) groups is 1. The lowest BCUT2D eigenvalue weighted by Gasteiger charge is -2.39. The quantitative estimate of drug-likeness (QED) is 0.668. The van der Waals surface area contributed by atoms with Gasteiger partial charge in [0.15, 0.2) is 5.79 Å². The summed E-state index contributed by atoms with van der Waals surface area (Å²) in [6.45, 7) is 1.33. The Labute approximate surface area is 136 Å². The number of ether oxygens (including phenoxy) is 2. The van der Waals surface area contributed by atoms with Crippen LogP contribution < -0.4 is 5.43 Å². The molecule has 1 aliphatic carbocycles. The van der Waals surface area contributed by atoms with E-state index in [0.29, 0.717) is 25.6 Å². The van der Waals surface area contributed by atoms with Crippen molar-refractivity contribution in [1.82, 2.24) is 10.4 Å². The number of hydrogen-bond acceptors (Lipinski definition) is 5. The summed E-state index contributed by atoms with van der Waals surface area (Å²) in [5.74, 6) is -0.215. The predicted octanol–water partition coefficient (Wildman–Crippen LogP) is 2.25. The third kappa shape index (κ3) is 4.14. The molecule has 6 heteroatoms. The number of nitrogens with zero attached hydrogens (tertiary/aromatic N) is 2. The number of amides is 1. The SMILES string of the molecule is O=C(CC[C@H]1CCCCC12OCCO2)N/N=C\c1cccnc1. The summed E-state index contributed by atoms with van der Waals surface area (Å²) in [6, 6.07) is 3.70. The van der Waals surface area contributed by atoms with E-state index in [1.54, 1.807) is 18.6 Å². The largest absolute Gasteiger partial charge is 0.347 e. The van der Waals surface area contributed by atoms with E-state index in [4.69, 9.17) is 9.47 Å². The van der Waals surface area contributed by atoms with Crippen LogP contribution in [0.25, 0.3) is 0 Å². The Morgan fingerprint density at radius 1 is 1.43 bits per heavy atom. The van der Waals surface area contributed by atoms with Crippen molar-refractivity contribution in [3.8, 4) is 0 Å². The van der Waals surface area contributed by atoms with Gasteiger partial charge in [0.2, 0.25) is 5.91 Å². The van der Waals surface area contributed by atoms with Gasteiger partial charge in [0, 0.05) is 36.7 Å². The summed E-state index contributed by atoms with van der Waals surface area (Å²) in [6.07, 6.45) is 10.5. The molecule has 0 bridgehead atoms. The highest BCUT2D eigenvalue weighted by molar-refractivity contribution is 5.81. The minimum atomic E-state index is -0.433. The molecule has 1 spiro atoms. The van der Waals surface area contributed by atoms with E-state index in [9.17, 15) is 4.79 Å². The van der Waals surface area contributed by atoms with Gasteiger partial charge < -0.3 is 9.47 Å². The molecule has 1 atom stereocenters. The minimum Gasteiger partial charge on any atom is -0.347 e. The Hall–Kier alpha value is -1.79. The molecule has 1 aliphatic heterocycles. The highest BCUT2D eigenvalue weighted by Gasteiger charge is 2.45. The number of aromatic nitrogens is 1. The minimum absolute atomic E-state index is 0.0798. The summed E-state index contributed by atoms with van der Waals surface area (Å²) in [4.78, 5) is 15.9. The van der Waals surface area contributed by atoms with Gasteiger partial charge >= 0.3 is 0 Å². The standard InChI is InChI=1S/C17H23N3O3/c21-16(20-19-13-14-4-3-9-18-12-14)7-6-15-5-1-2-8-17(15)22-10-11-23-17/h3-4,9,12-13,15H,1-2,5-8,10-11H2,(H,20,21)/b19-13-/t15-/m1/s1. The predicted molar refractivity (Wildman–Crippen MR) is 85.8 cm³/mol. The average molecular weight is 317 g/mol. The maximum Gasteiger partial charge on any atom is 0.240 e. The fourth-order valence-electron chi connectivity index (χ4n) is 3.39. The van der Waals surface area contributed by atoms with Crippen LogP contribution in [-0.4, -0.2) is 36.1 Å². The van der Waals surface area contributed by atoms with E-state index >= 15 is 0 Å². The molecule has 0 radical (unpaired) electrons. The first-order valence-electron chi connectivity index (χ1n) is 8.28. The number of pyridine rings is 1. The second-order valence-corrected chi connectivity index (χ2v) is 6.07. The molecule has 23 heavy (non-hydrogen) atoms. The van der Waals surface area contributed by atoms with Crippen LogP contribution in [0, 0.1) is 5.92 Å². The second-order valence-electron chi connectivity index (χ2n) is 6.07. The maximum absolute atomic E-state index is 12.0. The van der Waals surface area contributed by atoms with Crippen molar-refractivity contribution in [1.29, 1.82) is 0 Å². The van der Waals surface area contributed by atoms with E-state index in [1.807, 2.05) is 12.1 Å². The molecular weight excluding hydrogens is 294 g/mol. The molecule has 1 amide bonds. The van der Waals surface area contributed by atoms with Gasteiger partial charge in [-0.15, -0.1) is 0 Å². The van der Waals surface area contributed by atoms with E-state index < -0.39 is 5.79 Å². The molecular formula is C17H23N3O3. The number of carbonyl (C=O) groups excluding carboxylic acids is 1. The lowest BCUT2D eigenvalue weighted by atomic mass is 9.80. The van der Waals surface area contributed by atoms with Gasteiger partial charge in [-0.05, 0) is 25.3 Å². The molecule has 2 aliphatic rings. The fraction of sp³-hybridized carbons (Fsp3) is 0.588. The normalized spacial score (nSPS) is 23.4. The van der Waals surface area contributed by atoms with Crippen LogP contribution in [0.1, 0.15) is 44.1 Å². The zero-order valence-electron chi connectivity index (χ0n) is 13.2. The maximum atomic E-state index is 12.0. The third-order valence-corrected chi connectivity index (χ3v) is 4.53. The van der Waals surface area contributed by atoms with Crippen LogP contribution in [0.15, 0.2) is 29.6 Å². The van der Waals surface area contributed by atoms with Crippen LogP contribution >= 0.6 is 0 Å². The van der Waals surface area contributed by atoms with Gasteiger partial charge in [-0.3, -0.25) is 9.78 Å². The van der Waals surface area contributed by atoms with Crippen molar-refractivity contribution in [2.24, 2.45) is 11.0 Å². The number of hydrazone groups is 1. The molecule has 6 nitrogen and oxygen atoms in total. The van der Waals surface area contributed by atoms with E-state index in [0.717, 1.165) is 31.2 Å². The lowest BCUT2D eigenvalue weighted by Crippen LogP contribution is -2.42. The second kappa shape index (κ2) is 7.66. The summed E-state index contributed by atoms with van der Waals surface area (Å²) < 4.78 is 11.7. The molecule has 1 N–H and O–H groups in total. The van der Waals surface area contributed by atoms with Gasteiger partial charge in [0.25, 0.3) is 0 Å². The monoisotopic (exact) mass is 317 g/mol. The Morgan fingerprint density at radius 3 is 3.09 bits per heavy atom. The molecule has 1 aromatic heterocycles. The van der Waals surface area contributed by atoms with Crippen molar-refractivity contribution in [3.63, 3.8) is 0 Å². The molecule has 1 saturated carbocycles. The van der Waals surface area contributed by atoms with Gasteiger partial charge in [-0.25, -0.2) is 5.43 Å². The first-order chi connectivity index (χ1) is 11.3. The molecule has 1 saturated heterocycles. The van der Waals surface area contributed by atoms with E-state index in [2.05, 4.69) is 15.5 Å². The van der Waals surface area contributed by atoms with Crippen molar-refractivity contribution >= 4 is 12.1 Å². The average Bonchev–Trinajstić information content (AvgIpc) is 3.04. The Morgan fingerprint density at radius 2 is 2.30 bits per heavy atom. The van der Waals surface area contributed by atoms with Crippen molar-refractivity contribution < 1.29 is 14.3 Å². The van der Waals surface area contributed by atoms with Crippen LogP contribution in [-0.2, 0) is 14.3 Å². The van der Waals surface area contributed by atoms with Gasteiger partial charge in [0.1, 0.15) is 0 Å². The molecule has 124 valence electrons. The zero-order chi connectivity index (χ0) is 16.0. The number of hydrogen-bond donors (Lipinski definition) is 1. The lowest BCUT2D eigenvalue weighted by molar-refractivity contribution is -0.213. The molecule has 0 unspecified atom stereocenters. The topological polar surface area (TPSA) is 72.8 Å². The third-order valence-electron chi connectivity index (χ3n) is 4.53. The first-order valence-corrected chi connectivity index (χ1v) is 8.28.